The largest absolute Gasteiger partial charge is 0.268 e. The molecule has 1 heterocycles. The zero-order chi connectivity index (χ0) is 19.6. The summed E-state index contributed by atoms with van der Waals surface area (Å²) in [6.07, 6.45) is 1.24. The van der Waals surface area contributed by atoms with Gasteiger partial charge in [-0.15, -0.1) is 0 Å². The zero-order valence-corrected chi connectivity index (χ0v) is 16.6. The van der Waals surface area contributed by atoms with E-state index in [0.29, 0.717) is 4.90 Å². The topological polar surface area (TPSA) is 112 Å². The molecule has 0 fully saturated rings. The first-order chi connectivity index (χ1) is 12.0. The van der Waals surface area contributed by atoms with Gasteiger partial charge in [0.1, 0.15) is 0 Å². The first kappa shape index (κ1) is 20.1. The molecule has 3 aromatic rings. The van der Waals surface area contributed by atoms with Gasteiger partial charge in [0, 0.05) is 18.7 Å². The molecule has 0 unspecified atom stereocenters. The summed E-state index contributed by atoms with van der Waals surface area (Å²) in [5.74, 6) is 0. The third kappa shape index (κ3) is 4.29. The van der Waals surface area contributed by atoms with Crippen LogP contribution in [0.25, 0.3) is 22.0 Å². The van der Waals surface area contributed by atoms with Crippen molar-refractivity contribution < 1.29 is 16.8 Å². The molecule has 0 saturated carbocycles. The maximum Gasteiger partial charge on any atom is 0.198 e. The van der Waals surface area contributed by atoms with Crippen molar-refractivity contribution in [1.29, 1.82) is 0 Å². The summed E-state index contributed by atoms with van der Waals surface area (Å²) in [5.41, 5.74) is 4.88. The van der Waals surface area contributed by atoms with Crippen molar-refractivity contribution in [3.05, 3.63) is 47.7 Å². The van der Waals surface area contributed by atoms with E-state index < -0.39 is 20.7 Å². The highest BCUT2D eigenvalue weighted by Gasteiger charge is 2.14. The minimum Gasteiger partial charge on any atom is -0.268 e. The highest BCUT2D eigenvalue weighted by Crippen LogP contribution is 2.32. The summed E-state index contributed by atoms with van der Waals surface area (Å²) < 4.78 is 43.0. The van der Waals surface area contributed by atoms with Gasteiger partial charge in [0.25, 0.3) is 0 Å². The summed E-state index contributed by atoms with van der Waals surface area (Å²) >= 11 is 0. The van der Waals surface area contributed by atoms with Crippen LogP contribution in [0.5, 0.6) is 0 Å². The number of fused-ring (bicyclic) bond motifs is 1. The highest BCUT2D eigenvalue weighted by atomic mass is 32.2. The van der Waals surface area contributed by atoms with Crippen molar-refractivity contribution in [3.63, 3.8) is 0 Å². The number of nitrogens with two attached hydrogens (primary N) is 1. The Balaban J connectivity index is 0.000000552. The minimum atomic E-state index is -3.20. The molecule has 0 aliphatic heterocycles. The predicted octanol–water partition coefficient (Wildman–Crippen LogP) is 1.73. The lowest BCUT2D eigenvalue weighted by atomic mass is 9.99. The van der Waals surface area contributed by atoms with Crippen LogP contribution >= 0.6 is 0 Å². The summed E-state index contributed by atoms with van der Waals surface area (Å²) in [4.78, 5) is 0.381. The third-order valence-corrected chi connectivity index (χ3v) is 5.20. The van der Waals surface area contributed by atoms with Gasteiger partial charge in [-0.1, -0.05) is 24.3 Å². The summed E-state index contributed by atoms with van der Waals surface area (Å²) in [5, 5.41) is 9.65. The van der Waals surface area contributed by atoms with Crippen molar-refractivity contribution in [2.75, 3.05) is 6.26 Å². The van der Waals surface area contributed by atoms with Crippen LogP contribution in [0.2, 0.25) is 0 Å². The number of aryl methyl sites for hydroxylation is 3. The molecular weight excluding hydrogens is 374 g/mol. The molecule has 0 aliphatic carbocycles. The molecule has 0 amide bonds. The molecule has 26 heavy (non-hydrogen) atoms. The summed E-state index contributed by atoms with van der Waals surface area (Å²) in [7, 11) is -3.89. The lowest BCUT2D eigenvalue weighted by Gasteiger charge is -2.09. The third-order valence-electron chi connectivity index (χ3n) is 3.94. The van der Waals surface area contributed by atoms with Crippen LogP contribution < -0.4 is 5.14 Å². The summed E-state index contributed by atoms with van der Waals surface area (Å²) in [6, 6.07) is 11.6. The van der Waals surface area contributed by atoms with Crippen LogP contribution in [-0.2, 0) is 27.8 Å². The van der Waals surface area contributed by atoms with Crippen LogP contribution in [0.1, 0.15) is 11.3 Å². The predicted molar refractivity (Wildman–Crippen MR) is 103 cm³/mol. The molecule has 0 radical (unpaired) electrons. The smallest absolute Gasteiger partial charge is 0.198 e. The number of hydrogen-bond donors (Lipinski definition) is 2. The molecule has 0 spiro atoms. The number of sulfone groups is 1. The Kier molecular flexibility index (Phi) is 5.84. The average Bonchev–Trinajstić information content (AvgIpc) is 2.80. The van der Waals surface area contributed by atoms with Gasteiger partial charge < -0.3 is 0 Å². The molecule has 3 rings (SSSR count). The van der Waals surface area contributed by atoms with Gasteiger partial charge in [-0.25, -0.2) is 22.0 Å². The lowest BCUT2D eigenvalue weighted by Crippen LogP contribution is -2.00. The molecule has 0 aliphatic rings. The SMILES string of the molecule is Cc1cc(-c2cccc3c2c(C)nn3C)ccc1S(C)(=O)=O.N[SH](=O)=O. The van der Waals surface area contributed by atoms with E-state index in [4.69, 9.17) is 8.42 Å². The quantitative estimate of drug-likeness (QED) is 0.642. The van der Waals surface area contributed by atoms with Crippen molar-refractivity contribution >= 4 is 31.6 Å². The van der Waals surface area contributed by atoms with E-state index in [-0.39, 0.29) is 0 Å². The van der Waals surface area contributed by atoms with E-state index >= 15 is 0 Å². The molecule has 0 atom stereocenters. The Hall–Kier alpha value is -2.23. The maximum absolute atomic E-state index is 11.8. The molecule has 2 aromatic carbocycles. The number of benzene rings is 2. The van der Waals surface area contributed by atoms with Crippen molar-refractivity contribution in [2.45, 2.75) is 18.7 Å². The standard InChI is InChI=1S/C17H18N2O2S.H3NO2S/c1-11-10-13(8-9-16(11)22(4,20)21)14-6-5-7-15-17(14)12(2)18-19(15)3;1-4(2)3/h5-10H,1-4H3;4H,(H2,1,2,3). The fraction of sp³-hybridized carbons (Fsp3) is 0.235. The van der Waals surface area contributed by atoms with Crippen molar-refractivity contribution in [3.8, 4) is 11.1 Å². The Morgan fingerprint density at radius 3 is 2.27 bits per heavy atom. The second-order valence-electron chi connectivity index (χ2n) is 5.95. The normalized spacial score (nSPS) is 11.5. The fourth-order valence-corrected chi connectivity index (χ4v) is 3.95. The lowest BCUT2D eigenvalue weighted by molar-refractivity contribution is 0.601. The number of thiol groups is 1. The van der Waals surface area contributed by atoms with Crippen LogP contribution in [0.4, 0.5) is 0 Å². The van der Waals surface area contributed by atoms with E-state index in [1.54, 1.807) is 6.07 Å². The van der Waals surface area contributed by atoms with Crippen molar-refractivity contribution in [2.24, 2.45) is 12.2 Å². The zero-order valence-electron chi connectivity index (χ0n) is 14.9. The van der Waals surface area contributed by atoms with E-state index in [0.717, 1.165) is 33.3 Å². The molecule has 9 heteroatoms. The number of rotatable bonds is 2. The van der Waals surface area contributed by atoms with E-state index in [1.807, 2.05) is 55.9 Å². The van der Waals surface area contributed by atoms with E-state index in [1.165, 1.54) is 6.26 Å². The van der Waals surface area contributed by atoms with Gasteiger partial charge in [0.2, 0.25) is 0 Å². The van der Waals surface area contributed by atoms with Crippen LogP contribution in [0.15, 0.2) is 41.3 Å². The second kappa shape index (κ2) is 7.56. The molecule has 1 aromatic heterocycles. The van der Waals surface area contributed by atoms with Gasteiger partial charge in [0.15, 0.2) is 20.7 Å². The second-order valence-corrected chi connectivity index (χ2v) is 8.50. The Morgan fingerprint density at radius 2 is 1.73 bits per heavy atom. The summed E-state index contributed by atoms with van der Waals surface area (Å²) in [6.45, 7) is 3.82. The van der Waals surface area contributed by atoms with Crippen molar-refractivity contribution in [1.82, 2.24) is 9.78 Å². The molecule has 140 valence electrons. The van der Waals surface area contributed by atoms with Crippen LogP contribution in [0, 0.1) is 13.8 Å². The minimum absolute atomic E-state index is 0.381. The first-order valence-corrected chi connectivity index (χ1v) is 10.8. The Labute approximate surface area is 154 Å². The number of nitrogens with zero attached hydrogens (tertiary/aromatic N) is 2. The maximum atomic E-state index is 11.8. The van der Waals surface area contributed by atoms with Gasteiger partial charge in [-0.2, -0.15) is 5.10 Å². The van der Waals surface area contributed by atoms with E-state index in [2.05, 4.69) is 10.2 Å². The highest BCUT2D eigenvalue weighted by molar-refractivity contribution is 7.90. The molecule has 0 saturated heterocycles. The van der Waals surface area contributed by atoms with Gasteiger partial charge in [0.05, 0.1) is 16.1 Å². The Bertz CT molecular complexity index is 1140. The van der Waals surface area contributed by atoms with Crippen LogP contribution in [0.3, 0.4) is 0 Å². The van der Waals surface area contributed by atoms with E-state index in [9.17, 15) is 8.42 Å². The molecule has 7 nitrogen and oxygen atoms in total. The monoisotopic (exact) mass is 395 g/mol. The van der Waals surface area contributed by atoms with Crippen LogP contribution in [-0.4, -0.2) is 32.9 Å². The molecule has 2 N–H and O–H groups in total. The molecular formula is C17H21N3O4S2. The Morgan fingerprint density at radius 1 is 1.12 bits per heavy atom. The number of aromatic nitrogens is 2. The molecule has 0 bridgehead atoms. The fourth-order valence-electron chi connectivity index (χ4n) is 2.99. The van der Waals surface area contributed by atoms with Gasteiger partial charge in [-0.05, 0) is 42.7 Å². The van der Waals surface area contributed by atoms with Gasteiger partial charge in [-0.3, -0.25) is 4.68 Å². The number of hydrogen-bond acceptors (Lipinski definition) is 5. The first-order valence-electron chi connectivity index (χ1n) is 7.65. The average molecular weight is 396 g/mol. The van der Waals surface area contributed by atoms with Gasteiger partial charge >= 0.3 is 0 Å².